The molecule has 0 saturated heterocycles. The second-order valence-corrected chi connectivity index (χ2v) is 3.84. The lowest BCUT2D eigenvalue weighted by Gasteiger charge is -2.26. The fourth-order valence-electron chi connectivity index (χ4n) is 1.40. The maximum absolute atomic E-state index is 11.1. The third kappa shape index (κ3) is 2.82. The Morgan fingerprint density at radius 2 is 1.93 bits per heavy atom. The van der Waals surface area contributed by atoms with Crippen LogP contribution in [0.4, 0.5) is 0 Å². The molecule has 1 unspecified atom stereocenters. The van der Waals surface area contributed by atoms with Gasteiger partial charge in [0.05, 0.1) is 0 Å². The van der Waals surface area contributed by atoms with E-state index in [0.717, 1.165) is 0 Å². The van der Waals surface area contributed by atoms with Crippen LogP contribution in [0.2, 0.25) is 0 Å². The van der Waals surface area contributed by atoms with Crippen molar-refractivity contribution in [2.75, 3.05) is 0 Å². The van der Waals surface area contributed by atoms with Gasteiger partial charge in [-0.1, -0.05) is 20.8 Å². The number of primary amides is 1. The fraction of sp³-hybridized carbons (Fsp3) is 0.700. The lowest BCUT2D eigenvalue weighted by molar-refractivity contribution is -0.115. The Hall–Kier alpha value is -0.870. The first kappa shape index (κ1) is 13.1. The Balaban J connectivity index is 5.31. The normalized spacial score (nSPS) is 17.6. The number of amides is 1. The van der Waals surface area contributed by atoms with Crippen LogP contribution >= 0.6 is 0 Å². The predicted octanol–water partition coefficient (Wildman–Crippen LogP) is 0.501. The van der Waals surface area contributed by atoms with Gasteiger partial charge in [-0.15, -0.1) is 0 Å². The van der Waals surface area contributed by atoms with Crippen LogP contribution in [0.25, 0.3) is 0 Å². The van der Waals surface area contributed by atoms with E-state index in [2.05, 4.69) is 0 Å². The van der Waals surface area contributed by atoms with Crippen molar-refractivity contribution in [3.8, 4) is 0 Å². The van der Waals surface area contributed by atoms with Gasteiger partial charge >= 0.3 is 0 Å². The van der Waals surface area contributed by atoms with Crippen LogP contribution in [0.3, 0.4) is 0 Å². The molecule has 0 radical (unpaired) electrons. The first-order valence-corrected chi connectivity index (χ1v) is 4.76. The Kier molecular flexibility index (Phi) is 4.29. The number of aliphatic hydroxyl groups is 1. The van der Waals surface area contributed by atoms with E-state index in [1.54, 1.807) is 13.8 Å². The minimum Gasteiger partial charge on any atom is -0.372 e. The summed E-state index contributed by atoms with van der Waals surface area (Å²) in [5.74, 6) is -0.552. The van der Waals surface area contributed by atoms with Gasteiger partial charge in [-0.3, -0.25) is 4.79 Å². The Labute approximate surface area is 85.0 Å². The summed E-state index contributed by atoms with van der Waals surface area (Å²) >= 11 is 0. The quantitative estimate of drug-likeness (QED) is 0.456. The lowest BCUT2D eigenvalue weighted by atomic mass is 9.90. The van der Waals surface area contributed by atoms with Gasteiger partial charge in [0.25, 0.3) is 0 Å². The largest absolute Gasteiger partial charge is 0.372 e. The van der Waals surface area contributed by atoms with Crippen molar-refractivity contribution in [3.05, 3.63) is 11.1 Å². The maximum Gasteiger partial charge on any atom is 0.244 e. The summed E-state index contributed by atoms with van der Waals surface area (Å²) < 4.78 is 0. The molecule has 0 fully saturated rings. The number of hydrogen-bond acceptors (Lipinski definition) is 3. The van der Waals surface area contributed by atoms with E-state index in [1.165, 1.54) is 0 Å². The number of nitrogens with two attached hydrogens (primary N) is 2. The molecule has 1 amide bonds. The lowest BCUT2D eigenvalue weighted by Crippen LogP contribution is -2.42. The van der Waals surface area contributed by atoms with Gasteiger partial charge in [-0.05, 0) is 24.8 Å². The van der Waals surface area contributed by atoms with E-state index >= 15 is 0 Å². The third-order valence-corrected chi connectivity index (χ3v) is 2.44. The minimum absolute atomic E-state index is 0.0332. The van der Waals surface area contributed by atoms with E-state index < -0.39 is 11.6 Å². The first-order valence-electron chi connectivity index (χ1n) is 4.76. The molecule has 1 atom stereocenters. The van der Waals surface area contributed by atoms with Gasteiger partial charge in [-0.25, -0.2) is 0 Å². The number of carbonyl (C=O) groups excluding carboxylic acids is 1. The zero-order valence-electron chi connectivity index (χ0n) is 9.29. The van der Waals surface area contributed by atoms with Gasteiger partial charge in [0, 0.05) is 5.57 Å². The molecule has 0 rings (SSSR count). The second-order valence-electron chi connectivity index (χ2n) is 3.84. The van der Waals surface area contributed by atoms with Crippen LogP contribution in [-0.4, -0.2) is 16.7 Å². The van der Waals surface area contributed by atoms with Crippen molar-refractivity contribution in [1.29, 1.82) is 0 Å². The standard InChI is InChI=1S/C10H20N2O2/c1-5-10(12,14)7(4)8(6(2)3)9(11)13/h6,14H,5,12H2,1-4H3,(H2,11,13)/b8-7+. The molecule has 4 heteroatoms. The predicted molar refractivity (Wildman–Crippen MR) is 56.2 cm³/mol. The van der Waals surface area contributed by atoms with Crippen molar-refractivity contribution in [1.82, 2.24) is 0 Å². The topological polar surface area (TPSA) is 89.3 Å². The highest BCUT2D eigenvalue weighted by molar-refractivity contribution is 5.93. The second kappa shape index (κ2) is 4.57. The molecule has 0 aliphatic heterocycles. The molecule has 0 aliphatic carbocycles. The fourth-order valence-corrected chi connectivity index (χ4v) is 1.40. The van der Waals surface area contributed by atoms with Crippen LogP contribution in [0.1, 0.15) is 34.1 Å². The maximum atomic E-state index is 11.1. The summed E-state index contributed by atoms with van der Waals surface area (Å²) in [5.41, 5.74) is 10.3. The van der Waals surface area contributed by atoms with Crippen molar-refractivity contribution in [2.24, 2.45) is 17.4 Å². The van der Waals surface area contributed by atoms with Crippen LogP contribution in [0, 0.1) is 5.92 Å². The summed E-state index contributed by atoms with van der Waals surface area (Å²) in [6.07, 6.45) is 0.350. The molecule has 0 aliphatic rings. The molecule has 0 heterocycles. The van der Waals surface area contributed by atoms with Crippen LogP contribution in [0.5, 0.6) is 0 Å². The van der Waals surface area contributed by atoms with Gasteiger partial charge in [0.1, 0.15) is 5.72 Å². The van der Waals surface area contributed by atoms with E-state index in [9.17, 15) is 9.90 Å². The van der Waals surface area contributed by atoms with Crippen molar-refractivity contribution in [3.63, 3.8) is 0 Å². The number of carbonyl (C=O) groups is 1. The monoisotopic (exact) mass is 200 g/mol. The van der Waals surface area contributed by atoms with E-state index in [1.807, 2.05) is 13.8 Å². The molecule has 14 heavy (non-hydrogen) atoms. The molecule has 0 aromatic rings. The van der Waals surface area contributed by atoms with Gasteiger partial charge in [-0.2, -0.15) is 0 Å². The van der Waals surface area contributed by atoms with E-state index in [-0.39, 0.29) is 5.92 Å². The van der Waals surface area contributed by atoms with Crippen molar-refractivity contribution in [2.45, 2.75) is 39.8 Å². The van der Waals surface area contributed by atoms with E-state index in [0.29, 0.717) is 17.6 Å². The number of rotatable bonds is 4. The first-order chi connectivity index (χ1) is 6.24. The highest BCUT2D eigenvalue weighted by atomic mass is 16.3. The zero-order valence-corrected chi connectivity index (χ0v) is 9.29. The SMILES string of the molecule is CCC(N)(O)/C(C)=C(/C(N)=O)C(C)C. The van der Waals surface area contributed by atoms with Crippen molar-refractivity contribution < 1.29 is 9.90 Å². The Morgan fingerprint density at radius 3 is 2.14 bits per heavy atom. The van der Waals surface area contributed by atoms with Crippen molar-refractivity contribution >= 4 is 5.91 Å². The highest BCUT2D eigenvalue weighted by Gasteiger charge is 2.27. The summed E-state index contributed by atoms with van der Waals surface area (Å²) in [5, 5.41) is 9.77. The summed E-state index contributed by atoms with van der Waals surface area (Å²) in [6, 6.07) is 0. The molecular weight excluding hydrogens is 180 g/mol. The van der Waals surface area contributed by atoms with Gasteiger partial charge < -0.3 is 16.6 Å². The molecule has 5 N–H and O–H groups in total. The molecule has 0 saturated carbocycles. The van der Waals surface area contributed by atoms with E-state index in [4.69, 9.17) is 11.5 Å². The average Bonchev–Trinajstić information content (AvgIpc) is 2.02. The van der Waals surface area contributed by atoms with Gasteiger partial charge in [0.15, 0.2) is 0 Å². The molecule has 0 aromatic heterocycles. The molecule has 82 valence electrons. The van der Waals surface area contributed by atoms with Gasteiger partial charge in [0.2, 0.25) is 5.91 Å². The molecule has 0 bridgehead atoms. The average molecular weight is 200 g/mol. The Morgan fingerprint density at radius 1 is 1.50 bits per heavy atom. The molecule has 4 nitrogen and oxygen atoms in total. The van der Waals surface area contributed by atoms with Crippen LogP contribution in [0.15, 0.2) is 11.1 Å². The molecule has 0 spiro atoms. The smallest absolute Gasteiger partial charge is 0.244 e. The highest BCUT2D eigenvalue weighted by Crippen LogP contribution is 2.22. The zero-order chi connectivity index (χ0) is 11.5. The van der Waals surface area contributed by atoms with Crippen LogP contribution < -0.4 is 11.5 Å². The number of hydrogen-bond donors (Lipinski definition) is 3. The molecular formula is C10H20N2O2. The summed E-state index contributed by atoms with van der Waals surface area (Å²) in [4.78, 5) is 11.1. The molecule has 0 aromatic carbocycles. The summed E-state index contributed by atoms with van der Waals surface area (Å²) in [7, 11) is 0. The minimum atomic E-state index is -1.44. The Bertz CT molecular complexity index is 255. The van der Waals surface area contributed by atoms with Crippen LogP contribution in [-0.2, 0) is 4.79 Å². The third-order valence-electron chi connectivity index (χ3n) is 2.44. The summed E-state index contributed by atoms with van der Waals surface area (Å²) in [6.45, 7) is 7.08.